The van der Waals surface area contributed by atoms with Crippen molar-refractivity contribution in [1.82, 2.24) is 0 Å². The molecular weight excluding hydrogens is 331 g/mol. The van der Waals surface area contributed by atoms with Crippen LogP contribution in [0, 0.1) is 0 Å². The molecule has 1 fully saturated rings. The van der Waals surface area contributed by atoms with Crippen molar-refractivity contribution in [2.75, 3.05) is 18.6 Å². The van der Waals surface area contributed by atoms with Crippen LogP contribution in [0.15, 0.2) is 24.0 Å². The van der Waals surface area contributed by atoms with E-state index in [-0.39, 0.29) is 0 Å². The molecule has 1 saturated heterocycles. The third-order valence-corrected chi connectivity index (χ3v) is 6.58. The second-order valence-electron chi connectivity index (χ2n) is 3.91. The lowest BCUT2D eigenvalue weighted by atomic mass is 10.3. The molecule has 0 aromatic carbocycles. The highest BCUT2D eigenvalue weighted by Gasteiger charge is 2.48. The predicted octanol–water partition coefficient (Wildman–Crippen LogP) is 0.641. The van der Waals surface area contributed by atoms with Gasteiger partial charge in [-0.3, -0.25) is 13.6 Å². The molecule has 0 N–H and O–H groups in total. The lowest BCUT2D eigenvalue weighted by Gasteiger charge is -2.13. The summed E-state index contributed by atoms with van der Waals surface area (Å²) in [5, 5.41) is 1.40. The van der Waals surface area contributed by atoms with Crippen LogP contribution in [0.5, 0.6) is 0 Å². The summed E-state index contributed by atoms with van der Waals surface area (Å²) in [5.41, 5.74) is 0. The van der Waals surface area contributed by atoms with Gasteiger partial charge in [0.05, 0.1) is 11.5 Å². The molecule has 0 spiro atoms. The van der Waals surface area contributed by atoms with Crippen molar-refractivity contribution in [3.63, 3.8) is 0 Å². The van der Waals surface area contributed by atoms with Gasteiger partial charge in [-0.05, 0) is 0 Å². The molecule has 0 radical (unpaired) electrons. The summed E-state index contributed by atoms with van der Waals surface area (Å²) >= 11 is 0. The number of phosphoric ester groups is 1. The standard InChI is InChI=1S/C9H15O8PS2/c1-4-19(11,12)6-8-9(7-20(13,14)5-2)17-18(10,15-3)16-8/h4-5,8-9H,1-2,6-7H2,3H3. The Balaban J connectivity index is 3.02. The maximum absolute atomic E-state index is 11.8. The minimum absolute atomic E-state index is 0.610. The minimum atomic E-state index is -3.95. The molecule has 0 aromatic heterocycles. The molecular formula is C9H15O8PS2. The highest BCUT2D eigenvalue weighted by Crippen LogP contribution is 2.57. The maximum Gasteiger partial charge on any atom is 0.475 e. The van der Waals surface area contributed by atoms with Crippen LogP contribution in [-0.2, 0) is 37.8 Å². The van der Waals surface area contributed by atoms with E-state index in [4.69, 9.17) is 9.05 Å². The molecule has 2 unspecified atom stereocenters. The van der Waals surface area contributed by atoms with Gasteiger partial charge in [0.1, 0.15) is 12.2 Å². The first-order chi connectivity index (χ1) is 9.06. The van der Waals surface area contributed by atoms with E-state index < -0.39 is 51.2 Å². The minimum Gasteiger partial charge on any atom is -0.290 e. The van der Waals surface area contributed by atoms with Gasteiger partial charge in [-0.2, -0.15) is 0 Å². The van der Waals surface area contributed by atoms with Crippen LogP contribution in [0.25, 0.3) is 0 Å². The average molecular weight is 346 g/mol. The van der Waals surface area contributed by atoms with Crippen LogP contribution >= 0.6 is 7.82 Å². The zero-order chi connectivity index (χ0) is 15.6. The van der Waals surface area contributed by atoms with Crippen molar-refractivity contribution in [3.8, 4) is 0 Å². The van der Waals surface area contributed by atoms with Gasteiger partial charge in [0.15, 0.2) is 19.7 Å². The molecule has 1 rings (SSSR count). The van der Waals surface area contributed by atoms with Gasteiger partial charge >= 0.3 is 7.82 Å². The van der Waals surface area contributed by atoms with Crippen molar-refractivity contribution in [3.05, 3.63) is 24.0 Å². The van der Waals surface area contributed by atoms with Crippen LogP contribution in [0.2, 0.25) is 0 Å². The molecule has 1 heterocycles. The Hall–Kier alpha value is -0.510. The van der Waals surface area contributed by atoms with E-state index in [0.29, 0.717) is 10.8 Å². The smallest absolute Gasteiger partial charge is 0.290 e. The normalized spacial score (nSPS) is 31.1. The molecule has 8 nitrogen and oxygen atoms in total. The van der Waals surface area contributed by atoms with Crippen LogP contribution in [0.1, 0.15) is 0 Å². The van der Waals surface area contributed by atoms with Gasteiger partial charge in [0.25, 0.3) is 0 Å². The second kappa shape index (κ2) is 6.08. The summed E-state index contributed by atoms with van der Waals surface area (Å²) in [6.07, 6.45) is -2.47. The monoisotopic (exact) mass is 346 g/mol. The van der Waals surface area contributed by atoms with E-state index in [9.17, 15) is 21.4 Å². The third-order valence-electron chi connectivity index (χ3n) is 2.47. The summed E-state index contributed by atoms with van der Waals surface area (Å²) in [4.78, 5) is 0. The molecule has 2 atom stereocenters. The van der Waals surface area contributed by atoms with Crippen LogP contribution in [0.4, 0.5) is 0 Å². The van der Waals surface area contributed by atoms with Gasteiger partial charge in [-0.1, -0.05) is 13.2 Å². The lowest BCUT2D eigenvalue weighted by Crippen LogP contribution is -2.34. The zero-order valence-electron chi connectivity index (χ0n) is 10.7. The Morgan fingerprint density at radius 1 is 1.05 bits per heavy atom. The third kappa shape index (κ3) is 4.51. The van der Waals surface area contributed by atoms with Gasteiger partial charge in [0, 0.05) is 17.9 Å². The Labute approximate surface area is 117 Å². The largest absolute Gasteiger partial charge is 0.475 e. The molecule has 116 valence electrons. The fourth-order valence-electron chi connectivity index (χ4n) is 1.45. The summed E-state index contributed by atoms with van der Waals surface area (Å²) in [7, 11) is -10.3. The summed E-state index contributed by atoms with van der Waals surface area (Å²) in [6, 6.07) is 0. The van der Waals surface area contributed by atoms with Crippen LogP contribution in [-0.4, -0.2) is 47.7 Å². The molecule has 0 aliphatic carbocycles. The molecule has 20 heavy (non-hydrogen) atoms. The average Bonchev–Trinajstić information content (AvgIpc) is 2.65. The predicted molar refractivity (Wildman–Crippen MR) is 72.3 cm³/mol. The summed E-state index contributed by atoms with van der Waals surface area (Å²) in [5.74, 6) is -1.22. The molecule has 1 aliphatic rings. The molecule has 0 bridgehead atoms. The quantitative estimate of drug-likeness (QED) is 0.617. The van der Waals surface area contributed by atoms with Crippen molar-refractivity contribution in [2.45, 2.75) is 12.2 Å². The number of hydrogen-bond acceptors (Lipinski definition) is 8. The van der Waals surface area contributed by atoms with Crippen molar-refractivity contribution >= 4 is 27.5 Å². The van der Waals surface area contributed by atoms with E-state index in [2.05, 4.69) is 17.7 Å². The molecule has 0 aromatic rings. The van der Waals surface area contributed by atoms with Crippen molar-refractivity contribution in [2.24, 2.45) is 0 Å². The Morgan fingerprint density at radius 2 is 1.40 bits per heavy atom. The SMILES string of the molecule is C=CS(=O)(=O)CC1OP(=O)(OC)OC1CS(=O)(=O)C=C. The topological polar surface area (TPSA) is 113 Å². The molecule has 1 aliphatic heterocycles. The van der Waals surface area contributed by atoms with E-state index >= 15 is 0 Å². The Morgan fingerprint density at radius 3 is 1.65 bits per heavy atom. The highest BCUT2D eigenvalue weighted by atomic mass is 32.2. The lowest BCUT2D eigenvalue weighted by molar-refractivity contribution is 0.191. The van der Waals surface area contributed by atoms with Gasteiger partial charge in [-0.25, -0.2) is 21.4 Å². The second-order valence-corrected chi connectivity index (χ2v) is 9.58. The number of sulfone groups is 2. The first kappa shape index (κ1) is 17.5. The van der Waals surface area contributed by atoms with Crippen LogP contribution < -0.4 is 0 Å². The van der Waals surface area contributed by atoms with E-state index in [0.717, 1.165) is 7.11 Å². The number of rotatable bonds is 7. The van der Waals surface area contributed by atoms with Gasteiger partial charge < -0.3 is 0 Å². The fraction of sp³-hybridized carbons (Fsp3) is 0.556. The summed E-state index contributed by atoms with van der Waals surface area (Å²) in [6.45, 7) is 6.26. The van der Waals surface area contributed by atoms with Crippen LogP contribution in [0.3, 0.4) is 0 Å². The Bertz CT molecular complexity index is 583. The molecule has 0 amide bonds. The van der Waals surface area contributed by atoms with E-state index in [1.165, 1.54) is 0 Å². The zero-order valence-corrected chi connectivity index (χ0v) is 13.2. The molecule has 11 heteroatoms. The van der Waals surface area contributed by atoms with Gasteiger partial charge in [0.2, 0.25) is 0 Å². The first-order valence-corrected chi connectivity index (χ1v) is 10.2. The van der Waals surface area contributed by atoms with E-state index in [1.807, 2.05) is 0 Å². The number of phosphoric acid groups is 1. The van der Waals surface area contributed by atoms with Crippen molar-refractivity contribution < 1.29 is 35.0 Å². The highest BCUT2D eigenvalue weighted by molar-refractivity contribution is 7.94. The maximum atomic E-state index is 11.8. The summed E-state index contributed by atoms with van der Waals surface area (Å²) < 4.78 is 72.1. The first-order valence-electron chi connectivity index (χ1n) is 5.29. The molecule has 0 saturated carbocycles. The number of hydrogen-bond donors (Lipinski definition) is 0. The van der Waals surface area contributed by atoms with E-state index in [1.54, 1.807) is 0 Å². The van der Waals surface area contributed by atoms with Gasteiger partial charge in [-0.15, -0.1) is 0 Å². The van der Waals surface area contributed by atoms with Crippen molar-refractivity contribution in [1.29, 1.82) is 0 Å². The Kier molecular flexibility index (Phi) is 5.34. The fourth-order valence-corrected chi connectivity index (χ4v) is 4.71.